The molecular formula is C7H6F2O4S. The fourth-order valence-corrected chi connectivity index (χ4v) is 1.67. The highest BCUT2D eigenvalue weighted by molar-refractivity contribution is 7.85. The van der Waals surface area contributed by atoms with Crippen molar-refractivity contribution in [3.05, 3.63) is 29.3 Å². The maximum atomic E-state index is 12.9. The van der Waals surface area contributed by atoms with Gasteiger partial charge in [-0.05, 0) is 12.1 Å². The summed E-state index contributed by atoms with van der Waals surface area (Å²) in [7, 11) is -4.65. The van der Waals surface area contributed by atoms with E-state index in [1.54, 1.807) is 0 Å². The van der Waals surface area contributed by atoms with Gasteiger partial charge in [-0.2, -0.15) is 8.42 Å². The monoisotopic (exact) mass is 224 g/mol. The Labute approximate surface area is 78.6 Å². The predicted molar refractivity (Wildman–Crippen MR) is 42.1 cm³/mol. The fraction of sp³-hybridized carbons (Fsp3) is 0.143. The van der Waals surface area contributed by atoms with Gasteiger partial charge in [-0.3, -0.25) is 4.55 Å². The second kappa shape index (κ2) is 3.60. The van der Waals surface area contributed by atoms with Crippen LogP contribution in [0.25, 0.3) is 0 Å². The van der Waals surface area contributed by atoms with E-state index in [9.17, 15) is 17.2 Å². The first kappa shape index (κ1) is 11.0. The molecule has 1 aromatic carbocycles. The number of hydrogen-bond donors (Lipinski definition) is 2. The zero-order valence-electron chi connectivity index (χ0n) is 6.74. The Balaban J connectivity index is 3.55. The van der Waals surface area contributed by atoms with Crippen LogP contribution in [0.2, 0.25) is 0 Å². The number of rotatable bonds is 2. The highest BCUT2D eigenvalue weighted by Crippen LogP contribution is 2.20. The smallest absolute Gasteiger partial charge is 0.294 e. The highest BCUT2D eigenvalue weighted by Gasteiger charge is 2.20. The summed E-state index contributed by atoms with van der Waals surface area (Å²) in [5, 5.41) is 8.60. The minimum absolute atomic E-state index is 0.553. The summed E-state index contributed by atoms with van der Waals surface area (Å²) in [4.78, 5) is -0.834. The molecule has 0 heterocycles. The topological polar surface area (TPSA) is 74.6 Å². The Morgan fingerprint density at radius 2 is 1.86 bits per heavy atom. The third kappa shape index (κ3) is 1.89. The molecule has 0 atom stereocenters. The van der Waals surface area contributed by atoms with Crippen molar-refractivity contribution >= 4 is 10.1 Å². The Morgan fingerprint density at radius 3 is 2.29 bits per heavy atom. The maximum absolute atomic E-state index is 12.9. The molecule has 0 aromatic heterocycles. The van der Waals surface area contributed by atoms with E-state index in [1.807, 2.05) is 0 Å². The lowest BCUT2D eigenvalue weighted by Gasteiger charge is -2.05. The van der Waals surface area contributed by atoms with Crippen LogP contribution in [0.3, 0.4) is 0 Å². The molecule has 0 saturated carbocycles. The quantitative estimate of drug-likeness (QED) is 0.725. The summed E-state index contributed by atoms with van der Waals surface area (Å²) in [5.41, 5.74) is -0.785. The number of halogens is 2. The Bertz CT molecular complexity index is 455. The molecule has 0 radical (unpaired) electrons. The molecule has 14 heavy (non-hydrogen) atoms. The average Bonchev–Trinajstić information content (AvgIpc) is 2.07. The van der Waals surface area contributed by atoms with Gasteiger partial charge in [0.1, 0.15) is 4.90 Å². The van der Waals surface area contributed by atoms with Gasteiger partial charge in [0, 0.05) is 5.56 Å². The summed E-state index contributed by atoms with van der Waals surface area (Å²) in [6.07, 6.45) is 0. The first-order valence-electron chi connectivity index (χ1n) is 3.43. The largest absolute Gasteiger partial charge is 0.392 e. The van der Waals surface area contributed by atoms with Gasteiger partial charge in [-0.15, -0.1) is 0 Å². The van der Waals surface area contributed by atoms with Crippen molar-refractivity contribution in [2.24, 2.45) is 0 Å². The van der Waals surface area contributed by atoms with Crippen LogP contribution in [0.5, 0.6) is 0 Å². The summed E-state index contributed by atoms with van der Waals surface area (Å²) in [5.74, 6) is -2.77. The van der Waals surface area contributed by atoms with Crippen LogP contribution in [0, 0.1) is 11.6 Å². The molecule has 0 fully saturated rings. The van der Waals surface area contributed by atoms with Gasteiger partial charge in [0.25, 0.3) is 10.1 Å². The molecule has 0 aliphatic carbocycles. The van der Waals surface area contributed by atoms with E-state index in [4.69, 9.17) is 9.66 Å². The van der Waals surface area contributed by atoms with Crippen LogP contribution in [-0.4, -0.2) is 18.1 Å². The SMILES string of the molecule is O=S(=O)(O)c1ccc(F)c(F)c1CO. The zero-order chi connectivity index (χ0) is 10.9. The van der Waals surface area contributed by atoms with Crippen molar-refractivity contribution in [2.75, 3.05) is 0 Å². The van der Waals surface area contributed by atoms with E-state index in [0.29, 0.717) is 12.1 Å². The standard InChI is InChI=1S/C7H6F2O4S/c8-5-1-2-6(14(11,12)13)4(3-10)7(5)9/h1-2,10H,3H2,(H,11,12,13). The molecule has 0 aliphatic heterocycles. The van der Waals surface area contributed by atoms with Crippen LogP contribution >= 0.6 is 0 Å². The van der Waals surface area contributed by atoms with Gasteiger partial charge >= 0.3 is 0 Å². The van der Waals surface area contributed by atoms with Crippen molar-refractivity contribution in [3.8, 4) is 0 Å². The second-order valence-corrected chi connectivity index (χ2v) is 3.86. The van der Waals surface area contributed by atoms with Crippen LogP contribution in [0.1, 0.15) is 5.56 Å². The zero-order valence-corrected chi connectivity index (χ0v) is 7.55. The number of hydrogen-bond acceptors (Lipinski definition) is 3. The van der Waals surface area contributed by atoms with Crippen LogP contribution in [0.15, 0.2) is 17.0 Å². The summed E-state index contributed by atoms with van der Waals surface area (Å²) >= 11 is 0. The van der Waals surface area contributed by atoms with E-state index < -0.39 is 38.8 Å². The van der Waals surface area contributed by atoms with Gasteiger partial charge in [0.15, 0.2) is 11.6 Å². The van der Waals surface area contributed by atoms with Gasteiger partial charge in [-0.25, -0.2) is 8.78 Å². The predicted octanol–water partition coefficient (Wildman–Crippen LogP) is 0.704. The first-order valence-corrected chi connectivity index (χ1v) is 4.87. The van der Waals surface area contributed by atoms with E-state index in [0.717, 1.165) is 0 Å². The van der Waals surface area contributed by atoms with E-state index in [-0.39, 0.29) is 0 Å². The Morgan fingerprint density at radius 1 is 1.29 bits per heavy atom. The average molecular weight is 224 g/mol. The van der Waals surface area contributed by atoms with Gasteiger partial charge in [0.2, 0.25) is 0 Å². The Hall–Kier alpha value is -1.05. The summed E-state index contributed by atoms with van der Waals surface area (Å²) < 4.78 is 55.3. The number of aliphatic hydroxyl groups is 1. The van der Waals surface area contributed by atoms with Crippen LogP contribution < -0.4 is 0 Å². The molecule has 0 spiro atoms. The molecule has 1 aromatic rings. The third-order valence-electron chi connectivity index (χ3n) is 1.59. The van der Waals surface area contributed by atoms with Gasteiger partial charge < -0.3 is 5.11 Å². The van der Waals surface area contributed by atoms with Crippen molar-refractivity contribution in [2.45, 2.75) is 11.5 Å². The first-order chi connectivity index (χ1) is 6.38. The highest BCUT2D eigenvalue weighted by atomic mass is 32.2. The Kier molecular flexibility index (Phi) is 2.84. The molecule has 4 nitrogen and oxygen atoms in total. The molecule has 0 unspecified atom stereocenters. The number of aliphatic hydroxyl groups excluding tert-OH is 1. The molecule has 2 N–H and O–H groups in total. The van der Waals surface area contributed by atoms with Gasteiger partial charge in [-0.1, -0.05) is 0 Å². The lowest BCUT2D eigenvalue weighted by Crippen LogP contribution is -2.07. The maximum Gasteiger partial charge on any atom is 0.294 e. The molecule has 0 saturated heterocycles. The second-order valence-electron chi connectivity index (χ2n) is 2.47. The van der Waals surface area contributed by atoms with Crippen molar-refractivity contribution in [1.29, 1.82) is 0 Å². The minimum Gasteiger partial charge on any atom is -0.392 e. The minimum atomic E-state index is -4.65. The molecule has 0 amide bonds. The lowest BCUT2D eigenvalue weighted by molar-refractivity contribution is 0.268. The van der Waals surface area contributed by atoms with Crippen molar-refractivity contribution < 1.29 is 26.9 Å². The molecular weight excluding hydrogens is 218 g/mol. The molecule has 1 rings (SSSR count). The van der Waals surface area contributed by atoms with E-state index in [2.05, 4.69) is 0 Å². The van der Waals surface area contributed by atoms with Crippen molar-refractivity contribution in [3.63, 3.8) is 0 Å². The summed E-state index contributed by atoms with van der Waals surface area (Å²) in [6, 6.07) is 1.23. The molecule has 7 heteroatoms. The molecule has 0 aliphatic rings. The number of benzene rings is 1. The molecule has 78 valence electrons. The van der Waals surface area contributed by atoms with E-state index >= 15 is 0 Å². The summed E-state index contributed by atoms with van der Waals surface area (Å²) in [6.45, 7) is -1.02. The van der Waals surface area contributed by atoms with Crippen LogP contribution in [-0.2, 0) is 16.7 Å². The third-order valence-corrected chi connectivity index (χ3v) is 2.53. The fourth-order valence-electron chi connectivity index (χ4n) is 0.964. The normalized spacial score (nSPS) is 11.7. The van der Waals surface area contributed by atoms with Crippen LogP contribution in [0.4, 0.5) is 8.78 Å². The lowest BCUT2D eigenvalue weighted by atomic mass is 10.2. The van der Waals surface area contributed by atoms with Crippen molar-refractivity contribution in [1.82, 2.24) is 0 Å². The van der Waals surface area contributed by atoms with Gasteiger partial charge in [0.05, 0.1) is 6.61 Å². The molecule has 0 bridgehead atoms. The van der Waals surface area contributed by atoms with E-state index in [1.165, 1.54) is 0 Å².